The number of benzene rings is 2. The van der Waals surface area contributed by atoms with Crippen molar-refractivity contribution in [3.8, 4) is 0 Å². The molecular weight excluding hydrogens is 450 g/mol. The summed E-state index contributed by atoms with van der Waals surface area (Å²) in [4.78, 5) is 32.6. The molecule has 1 unspecified atom stereocenters. The zero-order valence-corrected chi connectivity index (χ0v) is 20.2. The number of carbonyl (C=O) groups is 2. The summed E-state index contributed by atoms with van der Waals surface area (Å²) in [5.74, 6) is -0.578. The number of nitrogens with one attached hydrogen (secondary N) is 1. The monoisotopic (exact) mass is 477 g/mol. The lowest BCUT2D eigenvalue weighted by atomic mass is 9.94. The molecule has 0 aromatic heterocycles. The van der Waals surface area contributed by atoms with Gasteiger partial charge in [-0.05, 0) is 37.0 Å². The number of aliphatic imine (C=N–C) groups is 1. The highest BCUT2D eigenvalue weighted by molar-refractivity contribution is 8.16. The molecular formula is C26H27N3O4S. The number of rotatable bonds is 8. The van der Waals surface area contributed by atoms with Gasteiger partial charge in [-0.25, -0.2) is 9.79 Å². The molecule has 0 fully saturated rings. The third-order valence-electron chi connectivity index (χ3n) is 5.53. The van der Waals surface area contributed by atoms with E-state index in [0.29, 0.717) is 17.9 Å². The Bertz CT molecular complexity index is 1160. The number of anilines is 1. The van der Waals surface area contributed by atoms with Gasteiger partial charge in [0, 0.05) is 18.5 Å². The third-order valence-corrected chi connectivity index (χ3v) is 6.42. The van der Waals surface area contributed by atoms with E-state index in [1.165, 1.54) is 11.8 Å². The van der Waals surface area contributed by atoms with Crippen LogP contribution in [0.2, 0.25) is 0 Å². The van der Waals surface area contributed by atoms with Gasteiger partial charge in [-0.2, -0.15) is 0 Å². The molecule has 7 nitrogen and oxygen atoms in total. The number of fused-ring (bicyclic) bond motifs is 1. The first kappa shape index (κ1) is 23.8. The van der Waals surface area contributed by atoms with E-state index in [1.807, 2.05) is 78.8 Å². The normalized spacial score (nSPS) is 17.1. The molecule has 0 aliphatic carbocycles. The highest BCUT2D eigenvalue weighted by Gasteiger charge is 2.41. The molecule has 2 aromatic carbocycles. The molecule has 176 valence electrons. The number of esters is 1. The van der Waals surface area contributed by atoms with Crippen LogP contribution in [0.25, 0.3) is 0 Å². The van der Waals surface area contributed by atoms with Crippen LogP contribution in [0, 0.1) is 6.92 Å². The van der Waals surface area contributed by atoms with Gasteiger partial charge in [0.1, 0.15) is 6.61 Å². The minimum absolute atomic E-state index is 0.140. The second kappa shape index (κ2) is 10.7. The van der Waals surface area contributed by atoms with Gasteiger partial charge in [-0.1, -0.05) is 59.8 Å². The smallest absolute Gasteiger partial charge is 0.338 e. The molecule has 1 amide bonds. The molecule has 2 heterocycles. The maximum absolute atomic E-state index is 13.1. The predicted molar refractivity (Wildman–Crippen MR) is 134 cm³/mol. The van der Waals surface area contributed by atoms with E-state index in [9.17, 15) is 9.59 Å². The average molecular weight is 478 g/mol. The van der Waals surface area contributed by atoms with Gasteiger partial charge in [0.2, 0.25) is 5.91 Å². The van der Waals surface area contributed by atoms with Crippen LogP contribution < -0.4 is 5.32 Å². The van der Waals surface area contributed by atoms with Gasteiger partial charge in [0.15, 0.2) is 5.17 Å². The molecule has 0 saturated heterocycles. The van der Waals surface area contributed by atoms with Crippen LogP contribution in [0.1, 0.15) is 30.5 Å². The Balaban J connectivity index is 1.61. The summed E-state index contributed by atoms with van der Waals surface area (Å²) in [6.45, 7) is 4.28. The van der Waals surface area contributed by atoms with E-state index in [2.05, 4.69) is 10.3 Å². The second-order valence-corrected chi connectivity index (χ2v) is 8.86. The Morgan fingerprint density at radius 3 is 2.50 bits per heavy atom. The van der Waals surface area contributed by atoms with Crippen LogP contribution in [0.4, 0.5) is 5.69 Å². The van der Waals surface area contributed by atoms with E-state index in [4.69, 9.17) is 9.47 Å². The van der Waals surface area contributed by atoms with Crippen LogP contribution in [0.15, 0.2) is 82.0 Å². The Kier molecular flexibility index (Phi) is 7.49. The quantitative estimate of drug-likeness (QED) is 0.435. The summed E-state index contributed by atoms with van der Waals surface area (Å²) in [7, 11) is 1.56. The van der Waals surface area contributed by atoms with Crippen molar-refractivity contribution in [3.63, 3.8) is 0 Å². The second-order valence-electron chi connectivity index (χ2n) is 8.02. The molecule has 1 atom stereocenters. The van der Waals surface area contributed by atoms with Crippen molar-refractivity contribution >= 4 is 34.5 Å². The molecule has 4 rings (SSSR count). The van der Waals surface area contributed by atoms with E-state index in [1.54, 1.807) is 7.11 Å². The molecule has 1 N–H and O–H groups in total. The van der Waals surface area contributed by atoms with Gasteiger partial charge in [-0.15, -0.1) is 0 Å². The minimum Gasteiger partial charge on any atom is -0.460 e. The van der Waals surface area contributed by atoms with Gasteiger partial charge in [0.25, 0.3) is 0 Å². The van der Waals surface area contributed by atoms with Crippen LogP contribution in [0.3, 0.4) is 0 Å². The van der Waals surface area contributed by atoms with Crippen molar-refractivity contribution in [2.75, 3.05) is 25.6 Å². The topological polar surface area (TPSA) is 80.2 Å². The van der Waals surface area contributed by atoms with Gasteiger partial charge in [0.05, 0.1) is 30.3 Å². The number of aryl methyl sites for hydroxylation is 1. The van der Waals surface area contributed by atoms with Gasteiger partial charge < -0.3 is 19.7 Å². The fourth-order valence-electron chi connectivity index (χ4n) is 3.88. The Labute approximate surface area is 203 Å². The molecule has 2 aliphatic heterocycles. The molecule has 8 heteroatoms. The maximum atomic E-state index is 13.1. The van der Waals surface area contributed by atoms with Crippen molar-refractivity contribution in [3.05, 3.63) is 88.1 Å². The zero-order chi connectivity index (χ0) is 24.1. The number of amidine groups is 1. The van der Waals surface area contributed by atoms with Crippen LogP contribution in [-0.2, 0) is 19.1 Å². The zero-order valence-electron chi connectivity index (χ0n) is 19.4. The lowest BCUT2D eigenvalue weighted by molar-refractivity contribution is -0.141. The highest BCUT2D eigenvalue weighted by atomic mass is 32.2. The van der Waals surface area contributed by atoms with Crippen molar-refractivity contribution in [2.45, 2.75) is 26.3 Å². The summed E-state index contributed by atoms with van der Waals surface area (Å²) >= 11 is 1.45. The van der Waals surface area contributed by atoms with Gasteiger partial charge >= 0.3 is 5.97 Å². The fourth-order valence-corrected chi connectivity index (χ4v) is 4.85. The number of hydrogen-bond donors (Lipinski definition) is 1. The predicted octanol–water partition coefficient (Wildman–Crippen LogP) is 4.79. The van der Waals surface area contributed by atoms with Crippen molar-refractivity contribution in [1.29, 1.82) is 0 Å². The summed E-state index contributed by atoms with van der Waals surface area (Å²) < 4.78 is 10.5. The molecule has 34 heavy (non-hydrogen) atoms. The molecule has 2 aromatic rings. The van der Waals surface area contributed by atoms with Crippen LogP contribution >= 0.6 is 11.8 Å². The van der Waals surface area contributed by atoms with Crippen molar-refractivity contribution in [2.24, 2.45) is 4.99 Å². The van der Waals surface area contributed by atoms with E-state index >= 15 is 0 Å². The Morgan fingerprint density at radius 1 is 1.06 bits per heavy atom. The fraction of sp³-hybridized carbons (Fsp3) is 0.269. The van der Waals surface area contributed by atoms with Crippen LogP contribution in [0.5, 0.6) is 0 Å². The van der Waals surface area contributed by atoms with Gasteiger partial charge in [-0.3, -0.25) is 4.79 Å². The lowest BCUT2D eigenvalue weighted by Crippen LogP contribution is -2.37. The largest absolute Gasteiger partial charge is 0.460 e. The maximum Gasteiger partial charge on any atom is 0.338 e. The summed E-state index contributed by atoms with van der Waals surface area (Å²) in [6.07, 6.45) is 0.147. The molecule has 0 bridgehead atoms. The highest BCUT2D eigenvalue weighted by Crippen LogP contribution is 2.44. The molecule has 0 saturated carbocycles. The van der Waals surface area contributed by atoms with E-state index in [-0.39, 0.29) is 18.9 Å². The first-order valence-electron chi connectivity index (χ1n) is 11.0. The Hall–Kier alpha value is -3.36. The van der Waals surface area contributed by atoms with E-state index in [0.717, 1.165) is 27.7 Å². The number of hydrogen-bond acceptors (Lipinski definition) is 7. The standard InChI is InChI=1S/C26H27N3O4S/c1-17-9-11-20(12-10-17)28-22(30)15-21-16-34-26-27-18(2)23(25(31)33-14-13-32-3)24(29(21)26)19-7-5-4-6-8-19/h4-12,16,24H,13-15H2,1-3H3,(H,28,30). The summed E-state index contributed by atoms with van der Waals surface area (Å²) in [5, 5.41) is 5.61. The number of nitrogens with zero attached hydrogens (tertiary/aromatic N) is 2. The number of methoxy groups -OCH3 is 1. The average Bonchev–Trinajstić information content (AvgIpc) is 3.22. The van der Waals surface area contributed by atoms with Crippen LogP contribution in [-0.4, -0.2) is 42.3 Å². The number of thioether (sulfide) groups is 1. The lowest BCUT2D eigenvalue weighted by Gasteiger charge is -2.36. The number of ether oxygens (including phenoxy) is 2. The SMILES string of the molecule is COCCOC(=O)C1=C(C)N=C2SC=C(CC(=O)Nc3ccc(C)cc3)N2C1c1ccccc1. The number of carbonyl (C=O) groups excluding carboxylic acids is 2. The summed E-state index contributed by atoms with van der Waals surface area (Å²) in [6, 6.07) is 17.0. The molecule has 0 radical (unpaired) electrons. The van der Waals surface area contributed by atoms with Crippen molar-refractivity contribution in [1.82, 2.24) is 4.90 Å². The molecule has 2 aliphatic rings. The Morgan fingerprint density at radius 2 is 1.79 bits per heavy atom. The van der Waals surface area contributed by atoms with E-state index < -0.39 is 12.0 Å². The number of allylic oxidation sites excluding steroid dienone is 1. The summed E-state index contributed by atoms with van der Waals surface area (Å²) in [5.41, 5.74) is 4.62. The molecule has 0 spiro atoms. The first-order valence-corrected chi connectivity index (χ1v) is 11.9. The first-order chi connectivity index (χ1) is 16.5. The van der Waals surface area contributed by atoms with Crippen molar-refractivity contribution < 1.29 is 19.1 Å². The third kappa shape index (κ3) is 5.24. The number of amides is 1. The minimum atomic E-state index is -0.447.